The fraction of sp³-hybridized carbons (Fsp3) is 0.154. The smallest absolute Gasteiger partial charge is 0.295 e. The second kappa shape index (κ2) is 4.93. The van der Waals surface area contributed by atoms with Crippen LogP contribution in [0.2, 0.25) is 0 Å². The first-order chi connectivity index (χ1) is 9.67. The van der Waals surface area contributed by atoms with Gasteiger partial charge in [0, 0.05) is 0 Å². The van der Waals surface area contributed by atoms with Crippen LogP contribution in [0.4, 0.5) is 5.13 Å². The van der Waals surface area contributed by atoms with Crippen LogP contribution in [0.1, 0.15) is 16.2 Å². The van der Waals surface area contributed by atoms with Gasteiger partial charge in [-0.05, 0) is 25.1 Å². The molecule has 0 spiro atoms. The highest BCUT2D eigenvalue weighted by molar-refractivity contribution is 7.22. The lowest BCUT2D eigenvalue weighted by atomic mass is 10.3. The van der Waals surface area contributed by atoms with E-state index in [1.54, 1.807) is 14.0 Å². The fourth-order valence-corrected chi connectivity index (χ4v) is 2.65. The molecule has 0 radical (unpaired) electrons. The van der Waals surface area contributed by atoms with Gasteiger partial charge in [-0.25, -0.2) is 9.97 Å². The highest BCUT2D eigenvalue weighted by Crippen LogP contribution is 2.29. The Bertz CT molecular complexity index is 778. The highest BCUT2D eigenvalue weighted by atomic mass is 32.1. The number of thiazole rings is 1. The number of oxazole rings is 1. The van der Waals surface area contributed by atoms with Gasteiger partial charge in [-0.1, -0.05) is 11.3 Å². The Morgan fingerprint density at radius 1 is 1.45 bits per heavy atom. The van der Waals surface area contributed by atoms with E-state index < -0.39 is 0 Å². The first-order valence-electron chi connectivity index (χ1n) is 5.83. The summed E-state index contributed by atoms with van der Waals surface area (Å²) in [5.41, 5.74) is 1.35. The molecule has 3 rings (SSSR count). The van der Waals surface area contributed by atoms with Gasteiger partial charge in [0.2, 0.25) is 5.76 Å². The molecule has 0 saturated carbocycles. The Morgan fingerprint density at radius 2 is 2.30 bits per heavy atom. The number of amides is 1. The van der Waals surface area contributed by atoms with Crippen molar-refractivity contribution in [3.8, 4) is 5.75 Å². The molecule has 0 atom stereocenters. The Balaban J connectivity index is 1.88. The molecule has 3 aromatic rings. The van der Waals surface area contributed by atoms with Gasteiger partial charge in [0.05, 0.1) is 23.0 Å². The maximum absolute atomic E-state index is 12.0. The van der Waals surface area contributed by atoms with Crippen molar-refractivity contribution in [2.75, 3.05) is 12.4 Å². The number of carbonyl (C=O) groups excluding carboxylic acids is 1. The first kappa shape index (κ1) is 12.6. The van der Waals surface area contributed by atoms with E-state index in [9.17, 15) is 4.79 Å². The number of hydrogen-bond acceptors (Lipinski definition) is 6. The topological polar surface area (TPSA) is 77.2 Å². The van der Waals surface area contributed by atoms with Crippen LogP contribution in [-0.4, -0.2) is 23.0 Å². The molecule has 20 heavy (non-hydrogen) atoms. The maximum atomic E-state index is 12.0. The predicted octanol–water partition coefficient (Wildman–Crippen LogP) is 2.85. The molecule has 0 bridgehead atoms. The average Bonchev–Trinajstić information content (AvgIpc) is 3.03. The summed E-state index contributed by atoms with van der Waals surface area (Å²) >= 11 is 1.37. The average molecular weight is 289 g/mol. The van der Waals surface area contributed by atoms with Crippen molar-refractivity contribution < 1.29 is 13.9 Å². The van der Waals surface area contributed by atoms with Gasteiger partial charge >= 0.3 is 0 Å². The minimum absolute atomic E-state index is 0.196. The lowest BCUT2D eigenvalue weighted by Gasteiger charge is -1.97. The van der Waals surface area contributed by atoms with Gasteiger partial charge in [0.1, 0.15) is 5.75 Å². The van der Waals surface area contributed by atoms with Crippen molar-refractivity contribution in [1.29, 1.82) is 0 Å². The fourth-order valence-electron chi connectivity index (χ4n) is 1.76. The molecule has 2 aromatic heterocycles. The molecule has 0 aliphatic carbocycles. The summed E-state index contributed by atoms with van der Waals surface area (Å²) in [6.07, 6.45) is 1.24. The summed E-state index contributed by atoms with van der Waals surface area (Å²) in [4.78, 5) is 20.2. The van der Waals surface area contributed by atoms with E-state index in [0.29, 0.717) is 10.8 Å². The van der Waals surface area contributed by atoms with E-state index in [4.69, 9.17) is 9.15 Å². The molecule has 0 saturated heterocycles. The van der Waals surface area contributed by atoms with E-state index in [2.05, 4.69) is 15.3 Å². The number of carbonyl (C=O) groups is 1. The van der Waals surface area contributed by atoms with E-state index in [1.807, 2.05) is 18.2 Å². The van der Waals surface area contributed by atoms with Gasteiger partial charge in [0.25, 0.3) is 5.91 Å². The number of methoxy groups -OCH3 is 1. The summed E-state index contributed by atoms with van der Waals surface area (Å²) in [5.74, 6) is 0.595. The lowest BCUT2D eigenvalue weighted by molar-refractivity contribution is 0.0996. The molecule has 7 heteroatoms. The maximum Gasteiger partial charge on any atom is 0.295 e. The number of ether oxygens (including phenoxy) is 1. The third kappa shape index (κ3) is 2.23. The van der Waals surface area contributed by atoms with Crippen molar-refractivity contribution in [2.24, 2.45) is 0 Å². The first-order valence-corrected chi connectivity index (χ1v) is 6.65. The molecule has 1 N–H and O–H groups in total. The Hall–Kier alpha value is -2.41. The van der Waals surface area contributed by atoms with Crippen molar-refractivity contribution in [1.82, 2.24) is 9.97 Å². The number of anilines is 1. The molecular weight excluding hydrogens is 278 g/mol. The number of benzene rings is 1. The molecule has 0 unspecified atom stereocenters. The number of nitrogens with zero attached hydrogens (tertiary/aromatic N) is 2. The summed E-state index contributed by atoms with van der Waals surface area (Å²) < 4.78 is 11.1. The zero-order chi connectivity index (χ0) is 14.1. The Morgan fingerprint density at radius 3 is 3.00 bits per heavy atom. The second-order valence-corrected chi connectivity index (χ2v) is 5.10. The highest BCUT2D eigenvalue weighted by Gasteiger charge is 2.16. The number of aryl methyl sites for hydroxylation is 1. The quantitative estimate of drug-likeness (QED) is 0.802. The molecule has 6 nitrogen and oxygen atoms in total. The predicted molar refractivity (Wildman–Crippen MR) is 75.4 cm³/mol. The van der Waals surface area contributed by atoms with E-state index in [1.165, 1.54) is 17.7 Å². The third-order valence-corrected chi connectivity index (χ3v) is 3.70. The van der Waals surface area contributed by atoms with Crippen LogP contribution in [-0.2, 0) is 0 Å². The van der Waals surface area contributed by atoms with Crippen LogP contribution >= 0.6 is 11.3 Å². The molecule has 102 valence electrons. The van der Waals surface area contributed by atoms with E-state index >= 15 is 0 Å². The van der Waals surface area contributed by atoms with E-state index in [0.717, 1.165) is 16.0 Å². The standard InChI is InChI=1S/C13H11N3O3S/c1-7-11(19-6-14-7)12(17)16-13-15-9-4-3-8(18-2)5-10(9)20-13/h3-6H,1-2H3,(H,15,16,17). The van der Waals surface area contributed by atoms with Crippen molar-refractivity contribution in [3.05, 3.63) is 36.0 Å². The van der Waals surface area contributed by atoms with Gasteiger partial charge < -0.3 is 9.15 Å². The molecule has 0 fully saturated rings. The SMILES string of the molecule is COc1ccc2nc(NC(=O)c3ocnc3C)sc2c1. The van der Waals surface area contributed by atoms with Gasteiger partial charge in [-0.3, -0.25) is 10.1 Å². The van der Waals surface area contributed by atoms with Gasteiger partial charge in [-0.15, -0.1) is 0 Å². The van der Waals surface area contributed by atoms with Crippen LogP contribution < -0.4 is 10.1 Å². The van der Waals surface area contributed by atoms with E-state index in [-0.39, 0.29) is 11.7 Å². The Kier molecular flexibility index (Phi) is 3.11. The second-order valence-electron chi connectivity index (χ2n) is 4.07. The van der Waals surface area contributed by atoms with Crippen LogP contribution in [0.25, 0.3) is 10.2 Å². The number of fused-ring (bicyclic) bond motifs is 1. The van der Waals surface area contributed by atoms with Crippen LogP contribution in [0.5, 0.6) is 5.75 Å². The Labute approximate surface area is 118 Å². The molecule has 2 heterocycles. The molecule has 0 aliphatic rings. The minimum Gasteiger partial charge on any atom is -0.497 e. The number of aromatic nitrogens is 2. The van der Waals surface area contributed by atoms with Crippen molar-refractivity contribution in [2.45, 2.75) is 6.92 Å². The molecule has 0 aliphatic heterocycles. The van der Waals surface area contributed by atoms with Crippen LogP contribution in [0.3, 0.4) is 0 Å². The van der Waals surface area contributed by atoms with Gasteiger partial charge in [-0.2, -0.15) is 0 Å². The van der Waals surface area contributed by atoms with Crippen molar-refractivity contribution >= 4 is 32.6 Å². The lowest BCUT2D eigenvalue weighted by Crippen LogP contribution is -2.11. The molecule has 1 aromatic carbocycles. The number of hydrogen-bond donors (Lipinski definition) is 1. The van der Waals surface area contributed by atoms with Crippen LogP contribution in [0.15, 0.2) is 29.0 Å². The van der Waals surface area contributed by atoms with Crippen molar-refractivity contribution in [3.63, 3.8) is 0 Å². The zero-order valence-corrected chi connectivity index (χ0v) is 11.7. The number of nitrogens with one attached hydrogen (secondary N) is 1. The van der Waals surface area contributed by atoms with Crippen LogP contribution in [0, 0.1) is 6.92 Å². The third-order valence-electron chi connectivity index (χ3n) is 2.77. The summed E-state index contributed by atoms with van der Waals surface area (Å²) in [6.45, 7) is 1.71. The normalized spacial score (nSPS) is 10.7. The number of rotatable bonds is 3. The summed E-state index contributed by atoms with van der Waals surface area (Å²) in [5, 5.41) is 3.21. The monoisotopic (exact) mass is 289 g/mol. The minimum atomic E-state index is -0.356. The summed E-state index contributed by atoms with van der Waals surface area (Å²) in [6, 6.07) is 5.55. The van der Waals surface area contributed by atoms with Gasteiger partial charge in [0.15, 0.2) is 11.5 Å². The largest absolute Gasteiger partial charge is 0.497 e. The summed E-state index contributed by atoms with van der Waals surface area (Å²) in [7, 11) is 1.61. The zero-order valence-electron chi connectivity index (χ0n) is 10.8. The molecule has 1 amide bonds. The molecular formula is C13H11N3O3S.